The Morgan fingerprint density at radius 2 is 1.95 bits per heavy atom. The maximum absolute atomic E-state index is 11.8. The number of hydrogen-bond acceptors (Lipinski definition) is 6. The van der Waals surface area contributed by atoms with Gasteiger partial charge in [-0.1, -0.05) is 5.10 Å². The molecule has 0 atom stereocenters. The van der Waals surface area contributed by atoms with Gasteiger partial charge < -0.3 is 19.7 Å². The van der Waals surface area contributed by atoms with Gasteiger partial charge in [-0.3, -0.25) is 9.59 Å². The number of aliphatic carboxylic acids is 1. The Labute approximate surface area is 122 Å². The molecule has 1 aliphatic rings. The van der Waals surface area contributed by atoms with Crippen molar-refractivity contribution >= 4 is 17.9 Å². The highest BCUT2D eigenvalue weighted by Gasteiger charge is 2.36. The van der Waals surface area contributed by atoms with Crippen LogP contribution >= 0.6 is 0 Å². The molecule has 2 N–H and O–H groups in total. The van der Waals surface area contributed by atoms with E-state index in [9.17, 15) is 9.59 Å². The Morgan fingerprint density at radius 1 is 1.29 bits per heavy atom. The van der Waals surface area contributed by atoms with Crippen molar-refractivity contribution in [1.29, 1.82) is 0 Å². The van der Waals surface area contributed by atoms with Crippen molar-refractivity contribution in [2.75, 3.05) is 18.0 Å². The maximum atomic E-state index is 11.8. The minimum atomic E-state index is -1.49. The highest BCUT2D eigenvalue weighted by Crippen LogP contribution is 2.19. The molecular formula is C13H20N4O4. The molecule has 0 bridgehead atoms. The first-order valence-corrected chi connectivity index (χ1v) is 7.00. The van der Waals surface area contributed by atoms with Gasteiger partial charge in [-0.05, 0) is 33.1 Å². The summed E-state index contributed by atoms with van der Waals surface area (Å²) < 4.78 is 5.49. The van der Waals surface area contributed by atoms with E-state index < -0.39 is 17.3 Å². The van der Waals surface area contributed by atoms with Crippen LogP contribution in [0.3, 0.4) is 0 Å². The van der Waals surface area contributed by atoms with Gasteiger partial charge in [-0.25, -0.2) is 0 Å². The summed E-state index contributed by atoms with van der Waals surface area (Å²) in [6.07, 6.45) is 3.40. The quantitative estimate of drug-likeness (QED) is 0.773. The smallest absolute Gasteiger partial charge is 0.318 e. The lowest BCUT2D eigenvalue weighted by molar-refractivity contribution is -0.153. The summed E-state index contributed by atoms with van der Waals surface area (Å²) in [7, 11) is 0. The molecule has 1 aromatic rings. The lowest BCUT2D eigenvalue weighted by Crippen LogP contribution is -2.42. The molecule has 0 unspecified atom stereocenters. The van der Waals surface area contributed by atoms with Crippen LogP contribution in [0.15, 0.2) is 4.42 Å². The third-order valence-corrected chi connectivity index (χ3v) is 3.59. The van der Waals surface area contributed by atoms with Crippen LogP contribution in [0.5, 0.6) is 0 Å². The van der Waals surface area contributed by atoms with E-state index in [1.807, 2.05) is 4.90 Å². The fourth-order valence-electron chi connectivity index (χ4n) is 2.00. The number of carbonyl (C=O) groups is 2. The molecule has 1 amide bonds. The van der Waals surface area contributed by atoms with Crippen LogP contribution in [0.1, 0.15) is 39.0 Å². The van der Waals surface area contributed by atoms with E-state index >= 15 is 0 Å². The normalized spacial score (nSPS) is 15.8. The molecule has 116 valence electrons. The third-order valence-electron chi connectivity index (χ3n) is 3.59. The number of carbonyl (C=O) groups excluding carboxylic acids is 1. The number of amides is 1. The van der Waals surface area contributed by atoms with Crippen molar-refractivity contribution in [1.82, 2.24) is 15.5 Å². The van der Waals surface area contributed by atoms with Gasteiger partial charge in [0.2, 0.25) is 11.8 Å². The minimum absolute atomic E-state index is 0.0242. The average Bonchev–Trinajstić information content (AvgIpc) is 2.94. The summed E-state index contributed by atoms with van der Waals surface area (Å²) in [6.45, 7) is 4.49. The minimum Gasteiger partial charge on any atom is -0.480 e. The van der Waals surface area contributed by atoms with Gasteiger partial charge in [0, 0.05) is 13.1 Å². The predicted molar refractivity (Wildman–Crippen MR) is 73.6 cm³/mol. The van der Waals surface area contributed by atoms with Crippen molar-refractivity contribution in [2.24, 2.45) is 5.41 Å². The highest BCUT2D eigenvalue weighted by molar-refractivity contribution is 6.00. The van der Waals surface area contributed by atoms with E-state index in [0.29, 0.717) is 6.01 Å². The first-order chi connectivity index (χ1) is 9.91. The topological polar surface area (TPSA) is 109 Å². The molecule has 1 fully saturated rings. The Balaban J connectivity index is 1.91. The fraction of sp³-hybridized carbons (Fsp3) is 0.692. The summed E-state index contributed by atoms with van der Waals surface area (Å²) in [4.78, 5) is 24.8. The molecule has 1 aromatic heterocycles. The van der Waals surface area contributed by atoms with Crippen LogP contribution in [0.2, 0.25) is 0 Å². The van der Waals surface area contributed by atoms with Crippen LogP contribution in [-0.4, -0.2) is 40.3 Å². The Kier molecular flexibility index (Phi) is 4.44. The number of nitrogens with zero attached hydrogens (tertiary/aromatic N) is 3. The van der Waals surface area contributed by atoms with Crippen molar-refractivity contribution < 1.29 is 19.1 Å². The summed E-state index contributed by atoms with van der Waals surface area (Å²) >= 11 is 0. The Bertz CT molecular complexity index is 520. The summed E-state index contributed by atoms with van der Waals surface area (Å²) in [5.74, 6) is -1.50. The largest absolute Gasteiger partial charge is 0.480 e. The van der Waals surface area contributed by atoms with Crippen molar-refractivity contribution in [2.45, 2.75) is 39.7 Å². The number of nitrogens with one attached hydrogen (secondary N) is 1. The fourth-order valence-corrected chi connectivity index (χ4v) is 2.00. The zero-order valence-electron chi connectivity index (χ0n) is 12.3. The molecule has 0 aliphatic carbocycles. The first kappa shape index (κ1) is 15.3. The van der Waals surface area contributed by atoms with Crippen molar-refractivity contribution in [3.8, 4) is 0 Å². The Morgan fingerprint density at radius 3 is 2.57 bits per heavy atom. The van der Waals surface area contributed by atoms with Crippen LogP contribution in [-0.2, 0) is 16.1 Å². The molecule has 1 aliphatic heterocycles. The zero-order valence-corrected chi connectivity index (χ0v) is 12.3. The number of carboxylic acids is 1. The molecule has 0 saturated carbocycles. The number of aromatic nitrogens is 2. The zero-order chi connectivity index (χ0) is 15.5. The SMILES string of the molecule is CC(C)(C(=O)O)C(=O)NCc1nnc(N2CCCCC2)o1. The summed E-state index contributed by atoms with van der Waals surface area (Å²) in [6, 6.07) is 0.455. The number of rotatable bonds is 5. The Hall–Kier alpha value is -2.12. The van der Waals surface area contributed by atoms with Gasteiger partial charge in [0.05, 0.1) is 6.54 Å². The standard InChI is InChI=1S/C13H20N4O4/c1-13(2,11(19)20)10(18)14-8-9-15-16-12(21-9)17-6-4-3-5-7-17/h3-8H2,1-2H3,(H,14,18)(H,19,20). The van der Waals surface area contributed by atoms with Gasteiger partial charge >= 0.3 is 12.0 Å². The molecule has 2 rings (SSSR count). The molecule has 21 heavy (non-hydrogen) atoms. The second-order valence-electron chi connectivity index (χ2n) is 5.64. The van der Waals surface area contributed by atoms with E-state index in [1.54, 1.807) is 0 Å². The average molecular weight is 296 g/mol. The maximum Gasteiger partial charge on any atom is 0.318 e. The van der Waals surface area contributed by atoms with E-state index in [1.165, 1.54) is 20.3 Å². The lowest BCUT2D eigenvalue weighted by Gasteiger charge is -2.24. The number of piperidine rings is 1. The molecule has 8 heteroatoms. The molecule has 0 aromatic carbocycles. The number of hydrogen-bond donors (Lipinski definition) is 2. The monoisotopic (exact) mass is 296 g/mol. The van der Waals surface area contributed by atoms with E-state index in [2.05, 4.69) is 15.5 Å². The third kappa shape index (κ3) is 3.50. The van der Waals surface area contributed by atoms with Crippen LogP contribution in [0.4, 0.5) is 6.01 Å². The van der Waals surface area contributed by atoms with Gasteiger partial charge in [0.1, 0.15) is 5.41 Å². The molecule has 0 spiro atoms. The number of anilines is 1. The van der Waals surface area contributed by atoms with Gasteiger partial charge in [-0.15, -0.1) is 5.10 Å². The van der Waals surface area contributed by atoms with Gasteiger partial charge in [0.15, 0.2) is 0 Å². The predicted octanol–water partition coefficient (Wildman–Crippen LogP) is 0.787. The summed E-state index contributed by atoms with van der Waals surface area (Å²) in [5, 5.41) is 19.3. The molecule has 8 nitrogen and oxygen atoms in total. The lowest BCUT2D eigenvalue weighted by atomic mass is 9.93. The van der Waals surface area contributed by atoms with Crippen LogP contribution in [0.25, 0.3) is 0 Å². The van der Waals surface area contributed by atoms with Gasteiger partial charge in [0.25, 0.3) is 0 Å². The molecule has 2 heterocycles. The molecular weight excluding hydrogens is 276 g/mol. The number of carboxylic acid groups (broad SMARTS) is 1. The van der Waals surface area contributed by atoms with Crippen molar-refractivity contribution in [3.05, 3.63) is 5.89 Å². The van der Waals surface area contributed by atoms with E-state index in [-0.39, 0.29) is 12.4 Å². The second kappa shape index (κ2) is 6.11. The van der Waals surface area contributed by atoms with Gasteiger partial charge in [-0.2, -0.15) is 0 Å². The second-order valence-corrected chi connectivity index (χ2v) is 5.64. The first-order valence-electron chi connectivity index (χ1n) is 7.00. The molecule has 0 radical (unpaired) electrons. The van der Waals surface area contributed by atoms with E-state index in [4.69, 9.17) is 9.52 Å². The highest BCUT2D eigenvalue weighted by atomic mass is 16.4. The molecule has 1 saturated heterocycles. The van der Waals surface area contributed by atoms with E-state index in [0.717, 1.165) is 25.9 Å². The van der Waals surface area contributed by atoms with Crippen LogP contribution in [0, 0.1) is 5.41 Å². The van der Waals surface area contributed by atoms with Crippen LogP contribution < -0.4 is 10.2 Å². The van der Waals surface area contributed by atoms with Crippen molar-refractivity contribution in [3.63, 3.8) is 0 Å². The summed E-state index contributed by atoms with van der Waals surface area (Å²) in [5.41, 5.74) is -1.49.